The van der Waals surface area contributed by atoms with Crippen LogP contribution in [0.1, 0.15) is 63.9 Å². The number of carbonyl (C=O) groups is 3. The van der Waals surface area contributed by atoms with E-state index in [4.69, 9.17) is 4.98 Å². The van der Waals surface area contributed by atoms with Crippen molar-refractivity contribution in [1.82, 2.24) is 25.1 Å². The predicted molar refractivity (Wildman–Crippen MR) is 116 cm³/mol. The molecule has 4 rings (SSSR count). The van der Waals surface area contributed by atoms with Gasteiger partial charge in [-0.05, 0) is 26.7 Å². The van der Waals surface area contributed by atoms with Crippen molar-refractivity contribution in [1.29, 1.82) is 0 Å². The standard InChI is InChI=1S/C22H32N6O3/c1-14(2)18-23-15(3)13-17(24-18)26-9-11-27(12-10-26)19(29)16(4)28-20(30)22(25-21(28)31)7-5-6-8-22/h13-14,16H,5-12H2,1-4H3,(H,25,31). The van der Waals surface area contributed by atoms with Crippen molar-refractivity contribution in [2.75, 3.05) is 31.1 Å². The number of nitrogens with zero attached hydrogens (tertiary/aromatic N) is 5. The third-order valence-electron chi connectivity index (χ3n) is 6.68. The van der Waals surface area contributed by atoms with Crippen molar-refractivity contribution < 1.29 is 14.4 Å². The van der Waals surface area contributed by atoms with Crippen molar-refractivity contribution >= 4 is 23.7 Å². The molecule has 1 aromatic rings. The Hall–Kier alpha value is -2.71. The molecular formula is C22H32N6O3. The maximum atomic E-state index is 13.1. The SMILES string of the molecule is Cc1cc(N2CCN(C(=O)C(C)N3C(=O)NC4(CCCC4)C3=O)CC2)nc(C(C)C)n1. The Bertz CT molecular complexity index is 887. The molecule has 9 nitrogen and oxygen atoms in total. The molecule has 168 valence electrons. The van der Waals surface area contributed by atoms with Gasteiger partial charge in [-0.1, -0.05) is 26.7 Å². The van der Waals surface area contributed by atoms with Gasteiger partial charge >= 0.3 is 6.03 Å². The van der Waals surface area contributed by atoms with Crippen LogP contribution in [-0.4, -0.2) is 75.4 Å². The van der Waals surface area contributed by atoms with E-state index in [9.17, 15) is 14.4 Å². The summed E-state index contributed by atoms with van der Waals surface area (Å²) in [6.45, 7) is 10.1. The fourth-order valence-corrected chi connectivity index (χ4v) is 4.84. The minimum Gasteiger partial charge on any atom is -0.353 e. The lowest BCUT2D eigenvalue weighted by molar-refractivity contribution is -0.143. The number of amides is 4. The van der Waals surface area contributed by atoms with Crippen LogP contribution >= 0.6 is 0 Å². The molecule has 1 unspecified atom stereocenters. The molecule has 4 amide bonds. The number of anilines is 1. The van der Waals surface area contributed by atoms with Gasteiger partial charge in [-0.15, -0.1) is 0 Å². The average molecular weight is 429 g/mol. The first-order chi connectivity index (χ1) is 14.7. The van der Waals surface area contributed by atoms with E-state index in [2.05, 4.69) is 29.0 Å². The number of nitrogens with one attached hydrogen (secondary N) is 1. The van der Waals surface area contributed by atoms with Gasteiger partial charge in [0.05, 0.1) is 0 Å². The highest BCUT2D eigenvalue weighted by Crippen LogP contribution is 2.36. The highest BCUT2D eigenvalue weighted by Gasteiger charge is 2.54. The zero-order valence-electron chi connectivity index (χ0n) is 18.8. The van der Waals surface area contributed by atoms with E-state index >= 15 is 0 Å². The first-order valence-electron chi connectivity index (χ1n) is 11.3. The van der Waals surface area contributed by atoms with Crippen molar-refractivity contribution in [3.63, 3.8) is 0 Å². The molecule has 1 aliphatic carbocycles. The minimum atomic E-state index is -0.798. The monoisotopic (exact) mass is 428 g/mol. The molecule has 1 spiro atoms. The van der Waals surface area contributed by atoms with Crippen molar-refractivity contribution in [3.8, 4) is 0 Å². The van der Waals surface area contributed by atoms with Crippen molar-refractivity contribution in [2.45, 2.75) is 70.9 Å². The highest BCUT2D eigenvalue weighted by atomic mass is 16.2. The fraction of sp³-hybridized carbons (Fsp3) is 0.682. The number of aromatic nitrogens is 2. The lowest BCUT2D eigenvalue weighted by Gasteiger charge is -2.37. The quantitative estimate of drug-likeness (QED) is 0.735. The molecule has 3 heterocycles. The second-order valence-electron chi connectivity index (χ2n) is 9.26. The molecule has 2 saturated heterocycles. The number of carbonyl (C=O) groups excluding carboxylic acids is 3. The summed E-state index contributed by atoms with van der Waals surface area (Å²) in [5.74, 6) is 1.52. The molecule has 0 radical (unpaired) electrons. The highest BCUT2D eigenvalue weighted by molar-refractivity contribution is 6.10. The molecule has 1 atom stereocenters. The molecule has 1 saturated carbocycles. The molecule has 3 aliphatic rings. The van der Waals surface area contributed by atoms with Gasteiger partial charge in [-0.25, -0.2) is 19.7 Å². The third kappa shape index (κ3) is 3.85. The fourth-order valence-electron chi connectivity index (χ4n) is 4.84. The van der Waals surface area contributed by atoms with E-state index in [0.29, 0.717) is 39.0 Å². The molecule has 2 aliphatic heterocycles. The lowest BCUT2D eigenvalue weighted by Crippen LogP contribution is -2.56. The van der Waals surface area contributed by atoms with E-state index in [0.717, 1.165) is 35.1 Å². The first-order valence-corrected chi connectivity index (χ1v) is 11.3. The van der Waals surface area contributed by atoms with E-state index < -0.39 is 17.6 Å². The Balaban J connectivity index is 1.40. The molecule has 9 heteroatoms. The maximum Gasteiger partial charge on any atom is 0.325 e. The van der Waals surface area contributed by atoms with Gasteiger partial charge < -0.3 is 15.1 Å². The lowest BCUT2D eigenvalue weighted by atomic mass is 9.97. The third-order valence-corrected chi connectivity index (χ3v) is 6.68. The van der Waals surface area contributed by atoms with E-state index in [1.165, 1.54) is 0 Å². The molecule has 1 aromatic heterocycles. The summed E-state index contributed by atoms with van der Waals surface area (Å²) in [4.78, 5) is 52.9. The number of rotatable bonds is 4. The number of imide groups is 1. The summed E-state index contributed by atoms with van der Waals surface area (Å²) in [7, 11) is 0. The molecule has 0 bridgehead atoms. The second kappa shape index (κ2) is 8.09. The number of urea groups is 1. The smallest absolute Gasteiger partial charge is 0.325 e. The molecule has 3 fully saturated rings. The zero-order chi connectivity index (χ0) is 22.3. The normalized spacial score (nSPS) is 21.9. The zero-order valence-corrected chi connectivity index (χ0v) is 18.8. The topological polar surface area (TPSA) is 98.7 Å². The van der Waals surface area contributed by atoms with Crippen molar-refractivity contribution in [3.05, 3.63) is 17.6 Å². The summed E-state index contributed by atoms with van der Waals surface area (Å²) >= 11 is 0. The predicted octanol–water partition coefficient (Wildman–Crippen LogP) is 1.81. The van der Waals surface area contributed by atoms with Crippen molar-refractivity contribution in [2.24, 2.45) is 0 Å². The van der Waals surface area contributed by atoms with Crippen LogP contribution in [0.2, 0.25) is 0 Å². The number of aryl methyl sites for hydroxylation is 1. The summed E-state index contributed by atoms with van der Waals surface area (Å²) in [5, 5.41) is 2.86. The number of hydrogen-bond acceptors (Lipinski definition) is 6. The summed E-state index contributed by atoms with van der Waals surface area (Å²) in [6.07, 6.45) is 3.16. The van der Waals surface area contributed by atoms with Gasteiger partial charge in [-0.2, -0.15) is 0 Å². The Morgan fingerprint density at radius 3 is 2.32 bits per heavy atom. The van der Waals surface area contributed by atoms with E-state index in [1.807, 2.05) is 13.0 Å². The van der Waals surface area contributed by atoms with Gasteiger partial charge in [0.1, 0.15) is 23.2 Å². The van der Waals surface area contributed by atoms with Crippen LogP contribution in [0.5, 0.6) is 0 Å². The largest absolute Gasteiger partial charge is 0.353 e. The Labute approximate surface area is 183 Å². The van der Waals surface area contributed by atoms with Gasteiger partial charge in [0, 0.05) is 43.9 Å². The van der Waals surface area contributed by atoms with Crippen LogP contribution in [0.4, 0.5) is 10.6 Å². The molecular weight excluding hydrogens is 396 g/mol. The Morgan fingerprint density at radius 2 is 1.71 bits per heavy atom. The Morgan fingerprint density at radius 1 is 1.06 bits per heavy atom. The van der Waals surface area contributed by atoms with Crippen LogP contribution in [0, 0.1) is 6.92 Å². The number of hydrogen-bond donors (Lipinski definition) is 1. The van der Waals surface area contributed by atoms with Crippen LogP contribution in [0.3, 0.4) is 0 Å². The summed E-state index contributed by atoms with van der Waals surface area (Å²) in [6, 6.07) is 0.734. The number of piperazine rings is 1. The summed E-state index contributed by atoms with van der Waals surface area (Å²) < 4.78 is 0. The first kappa shape index (κ1) is 21.5. The van der Waals surface area contributed by atoms with Gasteiger partial charge in [0.25, 0.3) is 5.91 Å². The van der Waals surface area contributed by atoms with Crippen LogP contribution < -0.4 is 10.2 Å². The van der Waals surface area contributed by atoms with Gasteiger partial charge in [-0.3, -0.25) is 9.59 Å². The van der Waals surface area contributed by atoms with Gasteiger partial charge in [0.2, 0.25) is 5.91 Å². The molecule has 0 aromatic carbocycles. The molecule has 1 N–H and O–H groups in total. The average Bonchev–Trinajstić information content (AvgIpc) is 3.31. The second-order valence-corrected chi connectivity index (χ2v) is 9.26. The molecule has 31 heavy (non-hydrogen) atoms. The van der Waals surface area contributed by atoms with E-state index in [-0.39, 0.29) is 17.7 Å². The maximum absolute atomic E-state index is 13.1. The Kier molecular flexibility index (Phi) is 5.61. The van der Waals surface area contributed by atoms with Crippen LogP contribution in [-0.2, 0) is 9.59 Å². The van der Waals surface area contributed by atoms with Crippen LogP contribution in [0.15, 0.2) is 6.07 Å². The summed E-state index contributed by atoms with van der Waals surface area (Å²) in [5.41, 5.74) is 0.142. The van der Waals surface area contributed by atoms with Crippen LogP contribution in [0.25, 0.3) is 0 Å². The minimum absolute atomic E-state index is 0.181. The van der Waals surface area contributed by atoms with E-state index in [1.54, 1.807) is 11.8 Å². The van der Waals surface area contributed by atoms with Gasteiger partial charge in [0.15, 0.2) is 0 Å².